The van der Waals surface area contributed by atoms with Gasteiger partial charge in [-0.15, -0.1) is 12.4 Å². The van der Waals surface area contributed by atoms with E-state index in [2.05, 4.69) is 4.90 Å². The Morgan fingerprint density at radius 2 is 1.96 bits per heavy atom. The molecule has 0 aliphatic carbocycles. The Labute approximate surface area is 159 Å². The van der Waals surface area contributed by atoms with Crippen LogP contribution in [0.4, 0.5) is 8.78 Å². The number of nitrogens with zero attached hydrogens (tertiary/aromatic N) is 2. The number of rotatable bonds is 4. The molecule has 2 fully saturated rings. The highest BCUT2D eigenvalue weighted by molar-refractivity contribution is 5.85. The number of morpholine rings is 1. The molecule has 26 heavy (non-hydrogen) atoms. The molecule has 0 bridgehead atoms. The Morgan fingerprint density at radius 1 is 1.27 bits per heavy atom. The van der Waals surface area contributed by atoms with Crippen molar-refractivity contribution < 1.29 is 18.3 Å². The summed E-state index contributed by atoms with van der Waals surface area (Å²) >= 11 is 0. The third kappa shape index (κ3) is 4.53. The van der Waals surface area contributed by atoms with Crippen molar-refractivity contribution in [2.24, 2.45) is 0 Å². The van der Waals surface area contributed by atoms with Crippen molar-refractivity contribution in [3.8, 4) is 0 Å². The molecule has 2 saturated heterocycles. The molecule has 7 heteroatoms. The van der Waals surface area contributed by atoms with Crippen LogP contribution in [0.15, 0.2) is 18.2 Å². The van der Waals surface area contributed by atoms with Gasteiger partial charge in [0, 0.05) is 32.7 Å². The van der Waals surface area contributed by atoms with Crippen molar-refractivity contribution >= 4 is 18.3 Å². The fourth-order valence-corrected chi connectivity index (χ4v) is 3.89. The Hall–Kier alpha value is -1.24. The van der Waals surface area contributed by atoms with Gasteiger partial charge in [-0.2, -0.15) is 0 Å². The van der Waals surface area contributed by atoms with Crippen LogP contribution in [0.25, 0.3) is 0 Å². The number of halogens is 3. The number of carbonyl (C=O) groups excluding carboxylic acids is 1. The van der Waals surface area contributed by atoms with Gasteiger partial charge in [0.15, 0.2) is 0 Å². The number of hydrogen-bond donors (Lipinski definition) is 0. The lowest BCUT2D eigenvalue weighted by Crippen LogP contribution is -2.61. The normalized spacial score (nSPS) is 23.2. The number of piperidine rings is 1. The number of benzene rings is 1. The summed E-state index contributed by atoms with van der Waals surface area (Å²) in [6.45, 7) is 7.56. The number of ether oxygens (including phenoxy) is 1. The summed E-state index contributed by atoms with van der Waals surface area (Å²) in [5, 5.41) is 0. The first-order chi connectivity index (χ1) is 11.9. The fraction of sp³-hybridized carbons (Fsp3) is 0.632. The van der Waals surface area contributed by atoms with Crippen LogP contribution >= 0.6 is 12.4 Å². The summed E-state index contributed by atoms with van der Waals surface area (Å²) in [6, 6.07) is 3.60. The van der Waals surface area contributed by atoms with Crippen LogP contribution in [0, 0.1) is 11.6 Å². The van der Waals surface area contributed by atoms with E-state index in [1.165, 1.54) is 12.1 Å². The first-order valence-electron chi connectivity index (χ1n) is 9.05. The molecular formula is C19H27ClF2N2O2. The Balaban J connectivity index is 0.00000243. The molecule has 1 amide bonds. The van der Waals surface area contributed by atoms with Gasteiger partial charge in [0.25, 0.3) is 5.91 Å². The second kappa shape index (κ2) is 8.63. The largest absolute Gasteiger partial charge is 0.360 e. The fourth-order valence-electron chi connectivity index (χ4n) is 3.89. The van der Waals surface area contributed by atoms with Crippen LogP contribution < -0.4 is 0 Å². The smallest absolute Gasteiger partial charge is 0.251 e. The maximum atomic E-state index is 13.7. The van der Waals surface area contributed by atoms with Gasteiger partial charge in [0.2, 0.25) is 0 Å². The molecule has 1 aromatic carbocycles. The zero-order chi connectivity index (χ0) is 18.0. The van der Waals surface area contributed by atoms with Gasteiger partial charge in [0.1, 0.15) is 17.7 Å². The van der Waals surface area contributed by atoms with Crippen LogP contribution in [0.1, 0.15) is 32.3 Å². The van der Waals surface area contributed by atoms with E-state index in [0.29, 0.717) is 31.6 Å². The minimum Gasteiger partial charge on any atom is -0.360 e. The van der Waals surface area contributed by atoms with Gasteiger partial charge < -0.3 is 14.5 Å². The zero-order valence-corrected chi connectivity index (χ0v) is 16.2. The van der Waals surface area contributed by atoms with E-state index in [4.69, 9.17) is 4.74 Å². The average molecular weight is 389 g/mol. The molecule has 0 unspecified atom stereocenters. The number of amides is 1. The van der Waals surface area contributed by atoms with Crippen molar-refractivity contribution in [2.45, 2.75) is 44.8 Å². The number of likely N-dealkylation sites (N-methyl/N-ethyl adjacent to an activating group) is 1. The lowest BCUT2D eigenvalue weighted by Gasteiger charge is -2.49. The molecule has 0 saturated carbocycles. The van der Waals surface area contributed by atoms with Crippen LogP contribution in [-0.2, 0) is 16.0 Å². The van der Waals surface area contributed by atoms with E-state index in [9.17, 15) is 13.6 Å². The highest BCUT2D eigenvalue weighted by atomic mass is 35.5. The van der Waals surface area contributed by atoms with E-state index >= 15 is 0 Å². The van der Waals surface area contributed by atoms with Gasteiger partial charge in [-0.25, -0.2) is 8.78 Å². The van der Waals surface area contributed by atoms with Crippen molar-refractivity contribution in [3.63, 3.8) is 0 Å². The molecule has 1 aromatic rings. The quantitative estimate of drug-likeness (QED) is 0.794. The molecule has 2 aliphatic heterocycles. The van der Waals surface area contributed by atoms with E-state index in [0.717, 1.165) is 32.0 Å². The SMILES string of the molecule is CCN1CC2(CCN(CCc3cc(F)ccc3F)CC2)O[C@H](C)C1=O.Cl. The molecule has 146 valence electrons. The molecule has 0 radical (unpaired) electrons. The highest BCUT2D eigenvalue weighted by Gasteiger charge is 2.44. The van der Waals surface area contributed by atoms with Crippen LogP contribution in [0.3, 0.4) is 0 Å². The number of hydrogen-bond acceptors (Lipinski definition) is 3. The minimum absolute atomic E-state index is 0. The Bertz CT molecular complexity index is 636. The Kier molecular flexibility index (Phi) is 6.99. The lowest BCUT2D eigenvalue weighted by molar-refractivity contribution is -0.189. The first-order valence-corrected chi connectivity index (χ1v) is 9.05. The summed E-state index contributed by atoms with van der Waals surface area (Å²) in [5.41, 5.74) is 0.162. The predicted octanol–water partition coefficient (Wildman–Crippen LogP) is 3.03. The molecule has 3 rings (SSSR count). The second-order valence-corrected chi connectivity index (χ2v) is 7.12. The van der Waals surface area contributed by atoms with Gasteiger partial charge in [0.05, 0.1) is 5.60 Å². The number of carbonyl (C=O) groups is 1. The van der Waals surface area contributed by atoms with Crippen LogP contribution in [0.5, 0.6) is 0 Å². The standard InChI is InChI=1S/C19H26F2N2O2.ClH/c1-3-23-13-19(25-14(2)18(23)24)7-10-22(11-8-19)9-6-15-12-16(20)4-5-17(15)21;/h4-5,12,14H,3,6-11,13H2,1-2H3;1H/t14-;/m1./s1. The third-order valence-electron chi connectivity index (χ3n) is 5.42. The topological polar surface area (TPSA) is 32.8 Å². The third-order valence-corrected chi connectivity index (χ3v) is 5.42. The van der Waals surface area contributed by atoms with Gasteiger partial charge >= 0.3 is 0 Å². The number of likely N-dealkylation sites (tertiary alicyclic amines) is 1. The highest BCUT2D eigenvalue weighted by Crippen LogP contribution is 2.32. The van der Waals surface area contributed by atoms with Crippen molar-refractivity contribution in [3.05, 3.63) is 35.4 Å². The summed E-state index contributed by atoms with van der Waals surface area (Å²) in [6.07, 6.45) is 1.81. The summed E-state index contributed by atoms with van der Waals surface area (Å²) in [5.74, 6) is -0.684. The first kappa shape index (κ1) is 21.1. The van der Waals surface area contributed by atoms with E-state index < -0.39 is 5.82 Å². The average Bonchev–Trinajstić information content (AvgIpc) is 2.60. The summed E-state index contributed by atoms with van der Waals surface area (Å²) in [4.78, 5) is 16.2. The van der Waals surface area contributed by atoms with Crippen molar-refractivity contribution in [2.75, 3.05) is 32.7 Å². The molecular weight excluding hydrogens is 362 g/mol. The minimum atomic E-state index is -0.400. The Morgan fingerprint density at radius 3 is 2.62 bits per heavy atom. The van der Waals surface area contributed by atoms with Crippen LogP contribution in [0.2, 0.25) is 0 Å². The van der Waals surface area contributed by atoms with Crippen molar-refractivity contribution in [1.29, 1.82) is 0 Å². The predicted molar refractivity (Wildman–Crippen MR) is 98.5 cm³/mol. The van der Waals surface area contributed by atoms with Crippen LogP contribution in [-0.4, -0.2) is 60.1 Å². The summed E-state index contributed by atoms with van der Waals surface area (Å²) in [7, 11) is 0. The zero-order valence-electron chi connectivity index (χ0n) is 15.3. The van der Waals surface area contributed by atoms with Crippen molar-refractivity contribution in [1.82, 2.24) is 9.80 Å². The summed E-state index contributed by atoms with van der Waals surface area (Å²) < 4.78 is 33.1. The molecule has 1 atom stereocenters. The maximum Gasteiger partial charge on any atom is 0.251 e. The molecule has 0 aromatic heterocycles. The maximum absolute atomic E-state index is 13.7. The van der Waals surface area contributed by atoms with E-state index in [-0.39, 0.29) is 35.8 Å². The lowest BCUT2D eigenvalue weighted by atomic mass is 9.88. The molecule has 2 aliphatic rings. The molecule has 1 spiro atoms. The van der Waals surface area contributed by atoms with Gasteiger partial charge in [-0.05, 0) is 56.9 Å². The molecule has 0 N–H and O–H groups in total. The van der Waals surface area contributed by atoms with Gasteiger partial charge in [-0.3, -0.25) is 4.79 Å². The van der Waals surface area contributed by atoms with E-state index in [1.807, 2.05) is 18.7 Å². The van der Waals surface area contributed by atoms with Gasteiger partial charge in [-0.1, -0.05) is 0 Å². The van der Waals surface area contributed by atoms with E-state index in [1.54, 1.807) is 0 Å². The second-order valence-electron chi connectivity index (χ2n) is 7.12. The molecule has 4 nitrogen and oxygen atoms in total. The monoisotopic (exact) mass is 388 g/mol. The molecule has 2 heterocycles.